The lowest BCUT2D eigenvalue weighted by Crippen LogP contribution is -2.68. The fraction of sp³-hybridized carbons (Fsp3) is 0.188. The summed E-state index contributed by atoms with van der Waals surface area (Å²) >= 11 is 1.48. The van der Waals surface area contributed by atoms with Gasteiger partial charge in [-0.3, -0.25) is 14.7 Å². The van der Waals surface area contributed by atoms with Crippen molar-refractivity contribution in [3.63, 3.8) is 0 Å². The molecule has 0 saturated carbocycles. The number of β-lactam (4-membered cyclic amide) rings is 1. The van der Waals surface area contributed by atoms with Crippen molar-refractivity contribution in [2.45, 2.75) is 11.4 Å². The van der Waals surface area contributed by atoms with Crippen LogP contribution in [0.2, 0.25) is 0 Å². The Kier molecular flexibility index (Phi) is 6.32. The zero-order valence-electron chi connectivity index (χ0n) is 13.7. The number of fused-ring (bicyclic) bond motifs is 1. The van der Waals surface area contributed by atoms with Gasteiger partial charge in [0, 0.05) is 18.1 Å². The van der Waals surface area contributed by atoms with Crippen LogP contribution in [0.3, 0.4) is 0 Å². The monoisotopic (exact) mass is 393 g/mol. The van der Waals surface area contributed by atoms with Gasteiger partial charge in [-0.05, 0) is 17.2 Å². The number of hydrogen-bond donors (Lipinski definition) is 4. The summed E-state index contributed by atoms with van der Waals surface area (Å²) in [5, 5.41) is 23.9. The average molecular weight is 393 g/mol. The molecule has 142 valence electrons. The normalized spacial score (nSPS) is 21.1. The maximum absolute atomic E-state index is 11.8. The van der Waals surface area contributed by atoms with Gasteiger partial charge < -0.3 is 21.1 Å². The minimum absolute atomic E-state index is 0.0330. The molecule has 0 bridgehead atoms. The van der Waals surface area contributed by atoms with Crippen LogP contribution in [0.1, 0.15) is 5.56 Å². The van der Waals surface area contributed by atoms with Crippen molar-refractivity contribution in [1.29, 1.82) is 0 Å². The number of rotatable bonds is 3. The number of nitrogens with two attached hydrogens (primary N) is 1. The van der Waals surface area contributed by atoms with Gasteiger partial charge in [-0.1, -0.05) is 18.2 Å². The lowest BCUT2D eigenvalue weighted by molar-refractivity contribution is -0.159. The van der Waals surface area contributed by atoms with E-state index >= 15 is 0 Å². The molecule has 2 aliphatic rings. The summed E-state index contributed by atoms with van der Waals surface area (Å²) in [6, 6.07) is 3.07. The predicted octanol–water partition coefficient (Wildman–Crippen LogP) is -0.169. The SMILES string of the molecule is N[C@@H]1C(=O)N2C(C(=O)O)=C(/C=C\c3cccnc3)CS[C@@H]12.O=C(O)C(=O)O. The standard InChI is InChI=1S/C14H13N3O3S.C2H2O4/c15-10-12(18)17-11(14(19)20)9(7-21-13(10)17)4-3-8-2-1-5-16-6-8;3-1(4)2(5)6/h1-6,10,13H,7,15H2,(H,19,20);(H,3,4)(H,5,6)/b4-3-;/t10-,13+;/m1./s1. The van der Waals surface area contributed by atoms with Gasteiger partial charge >= 0.3 is 17.9 Å². The highest BCUT2D eigenvalue weighted by Crippen LogP contribution is 2.39. The van der Waals surface area contributed by atoms with Crippen molar-refractivity contribution in [2.24, 2.45) is 5.73 Å². The van der Waals surface area contributed by atoms with Crippen LogP contribution in [-0.2, 0) is 19.2 Å². The van der Waals surface area contributed by atoms with Gasteiger partial charge in [-0.25, -0.2) is 14.4 Å². The number of nitrogens with zero attached hydrogens (tertiary/aromatic N) is 2. The van der Waals surface area contributed by atoms with E-state index in [2.05, 4.69) is 4.98 Å². The summed E-state index contributed by atoms with van der Waals surface area (Å²) < 4.78 is 0. The van der Waals surface area contributed by atoms with Crippen LogP contribution in [0.4, 0.5) is 0 Å². The summed E-state index contributed by atoms with van der Waals surface area (Å²) in [5.41, 5.74) is 7.20. The van der Waals surface area contributed by atoms with Crippen molar-refractivity contribution >= 4 is 41.7 Å². The number of aliphatic carboxylic acids is 3. The summed E-state index contributed by atoms with van der Waals surface area (Å²) in [7, 11) is 0. The second-order valence-corrected chi connectivity index (χ2v) is 6.45. The maximum atomic E-state index is 11.8. The topological polar surface area (TPSA) is 171 Å². The third-order valence-corrected chi connectivity index (χ3v) is 4.91. The van der Waals surface area contributed by atoms with Crippen LogP contribution in [-0.4, -0.2) is 66.2 Å². The van der Waals surface area contributed by atoms with Crippen molar-refractivity contribution < 1.29 is 34.5 Å². The molecule has 5 N–H and O–H groups in total. The molecule has 10 nitrogen and oxygen atoms in total. The van der Waals surface area contributed by atoms with E-state index in [9.17, 15) is 14.7 Å². The number of hydrogen-bond acceptors (Lipinski definition) is 7. The summed E-state index contributed by atoms with van der Waals surface area (Å²) in [6.45, 7) is 0. The predicted molar refractivity (Wildman–Crippen MR) is 94.3 cm³/mol. The molecule has 0 spiro atoms. The minimum atomic E-state index is -1.82. The van der Waals surface area contributed by atoms with Gasteiger partial charge in [0.25, 0.3) is 0 Å². The lowest BCUT2D eigenvalue weighted by atomic mass is 10.0. The number of amides is 1. The molecule has 1 saturated heterocycles. The molecular formula is C16H15N3O7S. The van der Waals surface area contributed by atoms with Gasteiger partial charge in [-0.2, -0.15) is 0 Å². The Morgan fingerprint density at radius 2 is 1.89 bits per heavy atom. The smallest absolute Gasteiger partial charge is 0.414 e. The zero-order valence-corrected chi connectivity index (χ0v) is 14.5. The van der Waals surface area contributed by atoms with Gasteiger partial charge in [-0.15, -0.1) is 11.8 Å². The number of carbonyl (C=O) groups is 4. The van der Waals surface area contributed by atoms with E-state index in [4.69, 9.17) is 25.5 Å². The van der Waals surface area contributed by atoms with Gasteiger partial charge in [0.15, 0.2) is 0 Å². The third kappa shape index (κ3) is 4.51. The molecule has 1 aromatic heterocycles. The highest BCUT2D eigenvalue weighted by Gasteiger charge is 2.51. The quantitative estimate of drug-likeness (QED) is 0.399. The van der Waals surface area contributed by atoms with Gasteiger partial charge in [0.05, 0.1) is 0 Å². The molecule has 1 fully saturated rings. The molecule has 2 aliphatic heterocycles. The van der Waals surface area contributed by atoms with E-state index < -0.39 is 23.9 Å². The highest BCUT2D eigenvalue weighted by molar-refractivity contribution is 8.00. The van der Waals surface area contributed by atoms with E-state index in [-0.39, 0.29) is 17.0 Å². The molecule has 0 aliphatic carbocycles. The van der Waals surface area contributed by atoms with E-state index in [1.807, 2.05) is 6.07 Å². The average Bonchev–Trinajstić information content (AvgIpc) is 2.66. The molecule has 0 unspecified atom stereocenters. The van der Waals surface area contributed by atoms with Gasteiger partial charge in [0.1, 0.15) is 17.1 Å². The number of pyridine rings is 1. The molecule has 1 amide bonds. The van der Waals surface area contributed by atoms with E-state index in [1.165, 1.54) is 16.7 Å². The molecule has 0 aromatic carbocycles. The maximum Gasteiger partial charge on any atom is 0.414 e. The molecule has 27 heavy (non-hydrogen) atoms. The van der Waals surface area contributed by atoms with E-state index in [1.54, 1.807) is 30.6 Å². The van der Waals surface area contributed by atoms with Crippen molar-refractivity contribution in [3.8, 4) is 0 Å². The Bertz CT molecular complexity index is 826. The first-order valence-electron chi connectivity index (χ1n) is 7.45. The second kappa shape index (κ2) is 8.47. The Morgan fingerprint density at radius 1 is 1.22 bits per heavy atom. The summed E-state index contributed by atoms with van der Waals surface area (Å²) in [4.78, 5) is 46.7. The van der Waals surface area contributed by atoms with Crippen LogP contribution >= 0.6 is 11.8 Å². The number of carboxylic acid groups (broad SMARTS) is 3. The Hall–Kier alpha value is -3.18. The van der Waals surface area contributed by atoms with Crippen LogP contribution in [0.15, 0.2) is 41.9 Å². The molecule has 11 heteroatoms. The van der Waals surface area contributed by atoms with E-state index in [0.29, 0.717) is 11.3 Å². The Balaban J connectivity index is 0.000000380. The Morgan fingerprint density at radius 3 is 2.41 bits per heavy atom. The fourth-order valence-electron chi connectivity index (χ4n) is 2.34. The van der Waals surface area contributed by atoms with Crippen LogP contribution < -0.4 is 5.73 Å². The highest BCUT2D eigenvalue weighted by atomic mass is 32.2. The molecule has 0 radical (unpaired) electrons. The first kappa shape index (κ1) is 20.1. The van der Waals surface area contributed by atoms with Gasteiger partial charge in [0.2, 0.25) is 5.91 Å². The summed E-state index contributed by atoms with van der Waals surface area (Å²) in [6.07, 6.45) is 6.86. The second-order valence-electron chi connectivity index (χ2n) is 5.34. The van der Waals surface area contributed by atoms with Crippen molar-refractivity contribution in [1.82, 2.24) is 9.88 Å². The van der Waals surface area contributed by atoms with Crippen molar-refractivity contribution in [3.05, 3.63) is 47.4 Å². The molecule has 3 rings (SSSR count). The molecule has 3 heterocycles. The largest absolute Gasteiger partial charge is 0.477 e. The van der Waals surface area contributed by atoms with Crippen LogP contribution in [0, 0.1) is 0 Å². The molecule has 1 aromatic rings. The van der Waals surface area contributed by atoms with Crippen molar-refractivity contribution in [2.75, 3.05) is 5.75 Å². The zero-order chi connectivity index (χ0) is 20.1. The fourth-order valence-corrected chi connectivity index (χ4v) is 3.60. The van der Waals surface area contributed by atoms with Crippen LogP contribution in [0.25, 0.3) is 6.08 Å². The van der Waals surface area contributed by atoms with Crippen LogP contribution in [0.5, 0.6) is 0 Å². The lowest BCUT2D eigenvalue weighted by Gasteiger charge is -2.47. The summed E-state index contributed by atoms with van der Waals surface area (Å²) in [5.74, 6) is -4.58. The van der Waals surface area contributed by atoms with E-state index in [0.717, 1.165) is 5.56 Å². The number of carbonyl (C=O) groups excluding carboxylic acids is 1. The Labute approximate surface area is 157 Å². The number of carboxylic acids is 3. The number of thioether (sulfide) groups is 1. The number of aromatic nitrogens is 1. The first-order chi connectivity index (χ1) is 12.7. The first-order valence-corrected chi connectivity index (χ1v) is 8.50. The minimum Gasteiger partial charge on any atom is -0.477 e. The number of allylic oxidation sites excluding steroid dienone is 1. The molecule has 2 atom stereocenters. The molecular weight excluding hydrogens is 378 g/mol. The third-order valence-electron chi connectivity index (χ3n) is 3.59.